The Morgan fingerprint density at radius 2 is 2.32 bits per heavy atom. The number of aromatic nitrogens is 2. The Morgan fingerprint density at radius 1 is 1.44 bits per heavy atom. The molecule has 1 atom stereocenters. The number of carbonyl (C=O) groups excluding carboxylic acids is 2. The van der Waals surface area contributed by atoms with Gasteiger partial charge in [0.15, 0.2) is 0 Å². The molecule has 0 spiro atoms. The fraction of sp³-hybridized carbons (Fsp3) is 0.444. The molecule has 1 saturated heterocycles. The molecule has 0 radical (unpaired) electrons. The summed E-state index contributed by atoms with van der Waals surface area (Å²) in [4.78, 5) is 33.8. The SMILES string of the molecule is COC(=O)C/C=C/C(=O)N1CCC[C@@H](Nc2ncnc3c2C=CC3)C1. The first-order valence-corrected chi connectivity index (χ1v) is 8.46. The number of nitrogens with one attached hydrogen (secondary N) is 1. The highest BCUT2D eigenvalue weighted by Crippen LogP contribution is 2.25. The Balaban J connectivity index is 1.58. The minimum atomic E-state index is -0.354. The molecule has 2 aliphatic rings. The van der Waals surface area contributed by atoms with E-state index >= 15 is 0 Å². The lowest BCUT2D eigenvalue weighted by Gasteiger charge is -2.33. The zero-order chi connectivity index (χ0) is 17.6. The van der Waals surface area contributed by atoms with Crippen LogP contribution in [0.1, 0.15) is 30.5 Å². The molecule has 132 valence electrons. The topological polar surface area (TPSA) is 84.4 Å². The molecule has 1 aliphatic carbocycles. The first-order valence-electron chi connectivity index (χ1n) is 8.46. The van der Waals surface area contributed by atoms with Gasteiger partial charge in [0.05, 0.1) is 19.2 Å². The van der Waals surface area contributed by atoms with Gasteiger partial charge in [-0.15, -0.1) is 0 Å². The summed E-state index contributed by atoms with van der Waals surface area (Å²) in [6.45, 7) is 1.34. The minimum absolute atomic E-state index is 0.0804. The van der Waals surface area contributed by atoms with Crippen LogP contribution < -0.4 is 5.32 Å². The number of ether oxygens (including phenoxy) is 1. The molecular formula is C18H22N4O3. The van der Waals surface area contributed by atoms with Gasteiger partial charge < -0.3 is 15.0 Å². The van der Waals surface area contributed by atoms with Crippen molar-refractivity contribution in [2.45, 2.75) is 31.7 Å². The number of hydrogen-bond donors (Lipinski definition) is 1. The van der Waals surface area contributed by atoms with E-state index in [0.717, 1.165) is 42.9 Å². The number of methoxy groups -OCH3 is 1. The van der Waals surface area contributed by atoms with Crippen LogP contribution in [0.5, 0.6) is 0 Å². The lowest BCUT2D eigenvalue weighted by molar-refractivity contribution is -0.139. The Bertz CT molecular complexity index is 714. The van der Waals surface area contributed by atoms with E-state index in [9.17, 15) is 9.59 Å². The van der Waals surface area contributed by atoms with Gasteiger partial charge in [-0.05, 0) is 18.9 Å². The number of hydrogen-bond acceptors (Lipinski definition) is 6. The monoisotopic (exact) mass is 342 g/mol. The number of piperidine rings is 1. The van der Waals surface area contributed by atoms with Crippen LogP contribution in [0.4, 0.5) is 5.82 Å². The second-order valence-corrected chi connectivity index (χ2v) is 6.14. The summed E-state index contributed by atoms with van der Waals surface area (Å²) in [5, 5.41) is 3.46. The molecule has 7 nitrogen and oxygen atoms in total. The maximum Gasteiger partial charge on any atom is 0.309 e. The average Bonchev–Trinajstić information content (AvgIpc) is 3.11. The lowest BCUT2D eigenvalue weighted by Crippen LogP contribution is -2.44. The van der Waals surface area contributed by atoms with Crippen LogP contribution in [0.15, 0.2) is 24.6 Å². The molecule has 25 heavy (non-hydrogen) atoms. The third-order valence-corrected chi connectivity index (χ3v) is 4.41. The summed E-state index contributed by atoms with van der Waals surface area (Å²) >= 11 is 0. The number of carbonyl (C=O) groups is 2. The van der Waals surface area contributed by atoms with Crippen LogP contribution in [0, 0.1) is 0 Å². The Morgan fingerprint density at radius 3 is 3.16 bits per heavy atom. The quantitative estimate of drug-likeness (QED) is 0.646. The van der Waals surface area contributed by atoms with E-state index in [-0.39, 0.29) is 24.3 Å². The second-order valence-electron chi connectivity index (χ2n) is 6.14. The molecular weight excluding hydrogens is 320 g/mol. The van der Waals surface area contributed by atoms with Gasteiger partial charge in [0.25, 0.3) is 0 Å². The third-order valence-electron chi connectivity index (χ3n) is 4.41. The molecule has 0 bridgehead atoms. The summed E-state index contributed by atoms with van der Waals surface area (Å²) in [6, 6.07) is 0.153. The highest BCUT2D eigenvalue weighted by atomic mass is 16.5. The average molecular weight is 342 g/mol. The summed E-state index contributed by atoms with van der Waals surface area (Å²) in [6.07, 6.45) is 11.6. The van der Waals surface area contributed by atoms with Gasteiger partial charge in [-0.3, -0.25) is 9.59 Å². The Kier molecular flexibility index (Phi) is 5.42. The predicted octanol–water partition coefficient (Wildman–Crippen LogP) is 1.57. The number of esters is 1. The fourth-order valence-corrected chi connectivity index (χ4v) is 3.11. The molecule has 1 fully saturated rings. The van der Waals surface area contributed by atoms with Crippen molar-refractivity contribution in [3.63, 3.8) is 0 Å². The van der Waals surface area contributed by atoms with E-state index in [0.29, 0.717) is 6.54 Å². The van der Waals surface area contributed by atoms with Gasteiger partial charge in [0, 0.05) is 31.1 Å². The normalized spacial score (nSPS) is 19.1. The number of nitrogens with zero attached hydrogens (tertiary/aromatic N) is 3. The van der Waals surface area contributed by atoms with Gasteiger partial charge in [-0.1, -0.05) is 18.2 Å². The van der Waals surface area contributed by atoms with E-state index < -0.39 is 0 Å². The fourth-order valence-electron chi connectivity index (χ4n) is 3.11. The maximum atomic E-state index is 12.3. The van der Waals surface area contributed by atoms with Crippen LogP contribution in [-0.2, 0) is 20.7 Å². The van der Waals surface area contributed by atoms with Crippen LogP contribution in [0.25, 0.3) is 6.08 Å². The Labute approximate surface area is 146 Å². The van der Waals surface area contributed by atoms with Crippen molar-refractivity contribution in [3.05, 3.63) is 35.8 Å². The second kappa shape index (κ2) is 7.92. The molecule has 1 aromatic heterocycles. The molecule has 7 heteroatoms. The number of likely N-dealkylation sites (tertiary alicyclic amines) is 1. The maximum absolute atomic E-state index is 12.3. The predicted molar refractivity (Wildman–Crippen MR) is 93.8 cm³/mol. The summed E-state index contributed by atoms with van der Waals surface area (Å²) in [5.74, 6) is 0.399. The highest BCUT2D eigenvalue weighted by Gasteiger charge is 2.24. The van der Waals surface area contributed by atoms with E-state index in [4.69, 9.17) is 0 Å². The van der Waals surface area contributed by atoms with Gasteiger partial charge in [-0.2, -0.15) is 0 Å². The Hall–Kier alpha value is -2.70. The van der Waals surface area contributed by atoms with Crippen molar-refractivity contribution in [3.8, 4) is 0 Å². The highest BCUT2D eigenvalue weighted by molar-refractivity contribution is 5.88. The summed E-state index contributed by atoms with van der Waals surface area (Å²) < 4.78 is 4.55. The van der Waals surface area contributed by atoms with E-state index in [1.807, 2.05) is 6.08 Å². The molecule has 0 unspecified atom stereocenters. The molecule has 3 rings (SSSR count). The van der Waals surface area contributed by atoms with Crippen LogP contribution in [0.3, 0.4) is 0 Å². The van der Waals surface area contributed by atoms with E-state index in [2.05, 4.69) is 26.1 Å². The lowest BCUT2D eigenvalue weighted by atomic mass is 10.1. The summed E-state index contributed by atoms with van der Waals surface area (Å²) in [7, 11) is 1.33. The summed E-state index contributed by atoms with van der Waals surface area (Å²) in [5.41, 5.74) is 2.08. The van der Waals surface area contributed by atoms with Crippen molar-refractivity contribution in [2.24, 2.45) is 0 Å². The largest absolute Gasteiger partial charge is 0.469 e. The molecule has 0 saturated carbocycles. The number of rotatable bonds is 5. The number of allylic oxidation sites excluding steroid dienone is 1. The molecule has 1 aromatic rings. The van der Waals surface area contributed by atoms with Crippen LogP contribution >= 0.6 is 0 Å². The zero-order valence-electron chi connectivity index (χ0n) is 14.3. The first kappa shape index (κ1) is 17.1. The van der Waals surface area contributed by atoms with Gasteiger partial charge >= 0.3 is 5.97 Å². The third kappa shape index (κ3) is 4.23. The van der Waals surface area contributed by atoms with Gasteiger partial charge in [-0.25, -0.2) is 9.97 Å². The molecule has 2 heterocycles. The van der Waals surface area contributed by atoms with Crippen molar-refractivity contribution in [1.29, 1.82) is 0 Å². The van der Waals surface area contributed by atoms with E-state index in [1.54, 1.807) is 17.3 Å². The molecule has 1 N–H and O–H groups in total. The van der Waals surface area contributed by atoms with Crippen molar-refractivity contribution in [2.75, 3.05) is 25.5 Å². The standard InChI is InChI=1S/C18H22N4O3/c1-25-17(24)9-3-8-16(23)22-10-4-5-13(11-22)21-18-14-6-2-7-15(14)19-12-20-18/h2-3,6,8,12-13H,4-5,7,9-11H2,1H3,(H,19,20,21)/b8-3+/t13-/m1/s1. The number of amides is 1. The van der Waals surface area contributed by atoms with Crippen molar-refractivity contribution >= 4 is 23.8 Å². The molecule has 1 aliphatic heterocycles. The number of fused-ring (bicyclic) bond motifs is 1. The minimum Gasteiger partial charge on any atom is -0.469 e. The smallest absolute Gasteiger partial charge is 0.309 e. The van der Waals surface area contributed by atoms with Crippen molar-refractivity contribution < 1.29 is 14.3 Å². The van der Waals surface area contributed by atoms with Crippen molar-refractivity contribution in [1.82, 2.24) is 14.9 Å². The van der Waals surface area contributed by atoms with Gasteiger partial charge in [0.2, 0.25) is 5.91 Å². The number of anilines is 1. The van der Waals surface area contributed by atoms with Crippen LogP contribution in [-0.4, -0.2) is 53.0 Å². The molecule has 1 amide bonds. The van der Waals surface area contributed by atoms with E-state index in [1.165, 1.54) is 13.2 Å². The molecule has 0 aromatic carbocycles. The first-order chi connectivity index (χ1) is 12.2. The van der Waals surface area contributed by atoms with Crippen LogP contribution in [0.2, 0.25) is 0 Å². The zero-order valence-corrected chi connectivity index (χ0v) is 14.3. The van der Waals surface area contributed by atoms with Gasteiger partial charge in [0.1, 0.15) is 12.1 Å².